The molecule has 10 heavy (non-hydrogen) atoms. The lowest BCUT2D eigenvalue weighted by molar-refractivity contribution is -0.0803. The summed E-state index contributed by atoms with van der Waals surface area (Å²) in [4.78, 5) is 0. The van der Waals surface area contributed by atoms with Crippen LogP contribution in [0.1, 0.15) is 0 Å². The number of aliphatic hydroxyl groups excluding tert-OH is 2. The van der Waals surface area contributed by atoms with Crippen molar-refractivity contribution in [3.8, 4) is 0 Å². The first kappa shape index (κ1) is 7.27. The van der Waals surface area contributed by atoms with Gasteiger partial charge in [-0.1, -0.05) is 0 Å². The third kappa shape index (κ3) is 1.36. The number of rotatable bonds is 0. The molecule has 4 nitrogen and oxygen atoms in total. The van der Waals surface area contributed by atoms with Gasteiger partial charge in [-0.3, -0.25) is 0 Å². The highest BCUT2D eigenvalue weighted by Gasteiger charge is 2.23. The molecule has 1 unspecified atom stereocenters. The van der Waals surface area contributed by atoms with Crippen LogP contribution in [0.3, 0.4) is 0 Å². The van der Waals surface area contributed by atoms with Crippen molar-refractivity contribution in [3.63, 3.8) is 0 Å². The van der Waals surface area contributed by atoms with E-state index < -0.39 is 17.7 Å². The Morgan fingerprint density at radius 3 is 2.40 bits per heavy atom. The summed E-state index contributed by atoms with van der Waals surface area (Å²) in [6.07, 6.45) is 1.72. The first-order chi connectivity index (χ1) is 4.51. The lowest BCUT2D eigenvalue weighted by Gasteiger charge is -2.19. The van der Waals surface area contributed by atoms with Gasteiger partial charge in [-0.05, 0) is 12.2 Å². The zero-order valence-corrected chi connectivity index (χ0v) is 5.10. The number of hydrogen-bond acceptors (Lipinski definition) is 4. The Morgan fingerprint density at radius 1 is 1.40 bits per heavy atom. The molecule has 0 aliphatic heterocycles. The number of hydrogen-bond donors (Lipinski definition) is 4. The summed E-state index contributed by atoms with van der Waals surface area (Å²) >= 11 is 0. The van der Waals surface area contributed by atoms with Crippen LogP contribution in [0.4, 0.5) is 0 Å². The van der Waals surface area contributed by atoms with Crippen LogP contribution >= 0.6 is 0 Å². The van der Waals surface area contributed by atoms with Crippen LogP contribution in [-0.4, -0.2) is 32.3 Å². The molecule has 0 aromatic heterocycles. The van der Waals surface area contributed by atoms with Gasteiger partial charge in [0.1, 0.15) is 11.9 Å². The molecule has 56 valence electrons. The molecule has 4 heteroatoms. The SMILES string of the molecule is OC1=CC(O)(O)C=CC1O. The van der Waals surface area contributed by atoms with Crippen molar-refractivity contribution < 1.29 is 20.4 Å². The molecule has 1 aliphatic carbocycles. The maximum absolute atomic E-state index is 8.78. The second-order valence-electron chi connectivity index (χ2n) is 2.16. The maximum Gasteiger partial charge on any atom is 0.206 e. The van der Waals surface area contributed by atoms with Crippen molar-refractivity contribution >= 4 is 0 Å². The van der Waals surface area contributed by atoms with Gasteiger partial charge in [-0.25, -0.2) is 0 Å². The third-order valence-electron chi connectivity index (χ3n) is 1.19. The van der Waals surface area contributed by atoms with Gasteiger partial charge in [0, 0.05) is 6.08 Å². The van der Waals surface area contributed by atoms with Gasteiger partial charge in [-0.2, -0.15) is 0 Å². The molecule has 1 rings (SSSR count). The van der Waals surface area contributed by atoms with Crippen molar-refractivity contribution in [1.82, 2.24) is 0 Å². The normalized spacial score (nSPS) is 29.9. The fourth-order valence-corrected chi connectivity index (χ4v) is 0.683. The van der Waals surface area contributed by atoms with Gasteiger partial charge in [-0.15, -0.1) is 0 Å². The molecule has 0 fully saturated rings. The second-order valence-corrected chi connectivity index (χ2v) is 2.16. The largest absolute Gasteiger partial charge is 0.509 e. The predicted octanol–water partition coefficient (Wildman–Crippen LogP) is -0.960. The minimum Gasteiger partial charge on any atom is -0.509 e. The Balaban J connectivity index is 2.85. The quantitative estimate of drug-likeness (QED) is 0.261. The van der Waals surface area contributed by atoms with Crippen LogP contribution < -0.4 is 0 Å². The summed E-state index contributed by atoms with van der Waals surface area (Å²) in [5.74, 6) is -2.57. The lowest BCUT2D eigenvalue weighted by atomic mass is 10.1. The topological polar surface area (TPSA) is 80.9 Å². The first-order valence-electron chi connectivity index (χ1n) is 2.75. The molecule has 1 atom stereocenters. The van der Waals surface area contributed by atoms with E-state index in [1.807, 2.05) is 0 Å². The second kappa shape index (κ2) is 2.09. The smallest absolute Gasteiger partial charge is 0.206 e. The van der Waals surface area contributed by atoms with E-state index in [9.17, 15) is 0 Å². The average molecular weight is 144 g/mol. The van der Waals surface area contributed by atoms with Gasteiger partial charge < -0.3 is 20.4 Å². The standard InChI is InChI=1S/C6H8O4/c7-4-1-2-6(9,10)3-5(4)8/h1-4,7-10H. The van der Waals surface area contributed by atoms with Gasteiger partial charge in [0.25, 0.3) is 0 Å². The minimum absolute atomic E-state index is 0.451. The highest BCUT2D eigenvalue weighted by Crippen LogP contribution is 2.15. The van der Waals surface area contributed by atoms with Crippen LogP contribution in [-0.2, 0) is 0 Å². The van der Waals surface area contributed by atoms with Gasteiger partial charge in [0.05, 0.1) is 0 Å². The molecule has 0 radical (unpaired) electrons. The Kier molecular flexibility index (Phi) is 1.52. The Hall–Kier alpha value is -0.840. The molecule has 0 aromatic carbocycles. The summed E-state index contributed by atoms with van der Waals surface area (Å²) in [6, 6.07) is 0. The predicted molar refractivity (Wildman–Crippen MR) is 33.0 cm³/mol. The fraction of sp³-hybridized carbons (Fsp3) is 0.333. The number of aliphatic hydroxyl groups is 4. The fourth-order valence-electron chi connectivity index (χ4n) is 0.683. The monoisotopic (exact) mass is 144 g/mol. The lowest BCUT2D eigenvalue weighted by Crippen LogP contribution is -2.28. The van der Waals surface area contributed by atoms with E-state index in [-0.39, 0.29) is 0 Å². The molecule has 0 saturated carbocycles. The highest BCUT2D eigenvalue weighted by molar-refractivity contribution is 5.22. The Bertz CT molecular complexity index is 192. The molecule has 4 N–H and O–H groups in total. The molecule has 0 aromatic rings. The van der Waals surface area contributed by atoms with Gasteiger partial charge in [0.15, 0.2) is 0 Å². The van der Waals surface area contributed by atoms with E-state index >= 15 is 0 Å². The van der Waals surface area contributed by atoms with Crippen LogP contribution in [0, 0.1) is 0 Å². The minimum atomic E-state index is -2.12. The van der Waals surface area contributed by atoms with Crippen molar-refractivity contribution in [1.29, 1.82) is 0 Å². The molecule has 0 bridgehead atoms. The van der Waals surface area contributed by atoms with Gasteiger partial charge >= 0.3 is 0 Å². The van der Waals surface area contributed by atoms with Crippen molar-refractivity contribution in [2.45, 2.75) is 11.9 Å². The summed E-state index contributed by atoms with van der Waals surface area (Å²) in [6.45, 7) is 0. The highest BCUT2D eigenvalue weighted by atomic mass is 16.5. The molecular formula is C6H8O4. The van der Waals surface area contributed by atoms with Crippen molar-refractivity contribution in [2.24, 2.45) is 0 Å². The van der Waals surface area contributed by atoms with Crippen molar-refractivity contribution in [3.05, 3.63) is 24.0 Å². The van der Waals surface area contributed by atoms with E-state index in [0.29, 0.717) is 0 Å². The summed E-state index contributed by atoms with van der Waals surface area (Å²) in [5, 5.41) is 35.1. The molecule has 0 saturated heterocycles. The zero-order valence-electron chi connectivity index (χ0n) is 5.10. The van der Waals surface area contributed by atoms with E-state index in [0.717, 1.165) is 18.2 Å². The van der Waals surface area contributed by atoms with Crippen LogP contribution in [0.25, 0.3) is 0 Å². The molecule has 0 spiro atoms. The maximum atomic E-state index is 8.78. The molecule has 0 heterocycles. The zero-order chi connectivity index (χ0) is 7.78. The average Bonchev–Trinajstić information content (AvgIpc) is 1.79. The summed E-state index contributed by atoms with van der Waals surface area (Å²) in [7, 11) is 0. The van der Waals surface area contributed by atoms with Crippen LogP contribution in [0.5, 0.6) is 0 Å². The van der Waals surface area contributed by atoms with Gasteiger partial charge in [0.2, 0.25) is 5.79 Å². The summed E-state index contributed by atoms with van der Waals surface area (Å²) < 4.78 is 0. The van der Waals surface area contributed by atoms with E-state index in [1.165, 1.54) is 0 Å². The van der Waals surface area contributed by atoms with E-state index in [1.54, 1.807) is 0 Å². The molecule has 0 amide bonds. The van der Waals surface area contributed by atoms with Crippen molar-refractivity contribution in [2.75, 3.05) is 0 Å². The first-order valence-corrected chi connectivity index (χ1v) is 2.75. The third-order valence-corrected chi connectivity index (χ3v) is 1.19. The summed E-state index contributed by atoms with van der Waals surface area (Å²) in [5.41, 5.74) is 0. The van der Waals surface area contributed by atoms with Crippen LogP contribution in [0.2, 0.25) is 0 Å². The molecule has 1 aliphatic rings. The van der Waals surface area contributed by atoms with E-state index in [4.69, 9.17) is 20.4 Å². The van der Waals surface area contributed by atoms with Crippen LogP contribution in [0.15, 0.2) is 24.0 Å². The Labute approximate surface area is 57.4 Å². The van der Waals surface area contributed by atoms with E-state index in [2.05, 4.69) is 0 Å². The Morgan fingerprint density at radius 2 is 2.00 bits per heavy atom. The molecular weight excluding hydrogens is 136 g/mol.